The minimum Gasteiger partial charge on any atom is -0.382 e. The molecule has 13 nitrogen and oxygen atoms in total. The second-order valence-corrected chi connectivity index (χ2v) is 12.4. The molecule has 5 atom stereocenters. The van der Waals surface area contributed by atoms with Gasteiger partial charge < -0.3 is 20.9 Å². The number of carbonyl (C=O) groups is 2. The van der Waals surface area contributed by atoms with E-state index in [1.165, 1.54) is 6.33 Å². The molecule has 0 aromatic carbocycles. The van der Waals surface area contributed by atoms with Crippen LogP contribution < -0.4 is 25.8 Å². The smallest absolute Gasteiger partial charge is 0.315 e. The van der Waals surface area contributed by atoms with Crippen LogP contribution in [0.25, 0.3) is 11.2 Å². The van der Waals surface area contributed by atoms with E-state index in [9.17, 15) is 18.0 Å². The van der Waals surface area contributed by atoms with Crippen LogP contribution in [0.1, 0.15) is 51.0 Å². The molecule has 2 saturated heterocycles. The number of nitrogens with two attached hydrogens (primary N) is 1. The van der Waals surface area contributed by atoms with Crippen LogP contribution in [0.4, 0.5) is 10.6 Å². The van der Waals surface area contributed by atoms with Crippen LogP contribution >= 0.6 is 11.8 Å². The molecule has 1 aliphatic carbocycles. The van der Waals surface area contributed by atoms with Crippen molar-refractivity contribution in [3.8, 4) is 0 Å². The van der Waals surface area contributed by atoms with Crippen molar-refractivity contribution in [1.82, 2.24) is 39.6 Å². The molecule has 3 fully saturated rings. The Labute approximate surface area is 213 Å². The summed E-state index contributed by atoms with van der Waals surface area (Å²) in [7, 11) is -3.92. The average Bonchev–Trinajstić information content (AvgIpc) is 3.59. The van der Waals surface area contributed by atoms with E-state index < -0.39 is 16.1 Å². The zero-order valence-electron chi connectivity index (χ0n) is 19.7. The third-order valence-corrected chi connectivity index (χ3v) is 9.74. The number of nitrogens with one attached hydrogen (secondary N) is 4. The molecule has 196 valence electrons. The van der Waals surface area contributed by atoms with Gasteiger partial charge in [-0.2, -0.15) is 24.9 Å². The largest absolute Gasteiger partial charge is 0.382 e. The van der Waals surface area contributed by atoms with Crippen molar-refractivity contribution in [1.29, 1.82) is 0 Å². The van der Waals surface area contributed by atoms with E-state index in [0.717, 1.165) is 37.9 Å². The maximum atomic E-state index is 12.4. The first-order valence-corrected chi connectivity index (χ1v) is 14.7. The number of carbonyl (C=O) groups excluding carboxylic acids is 2. The molecule has 2 unspecified atom stereocenters. The Morgan fingerprint density at radius 2 is 2.08 bits per heavy atom. The quantitative estimate of drug-likeness (QED) is 0.212. The van der Waals surface area contributed by atoms with Crippen LogP contribution in [0, 0.1) is 5.92 Å². The topological polar surface area (TPSA) is 186 Å². The van der Waals surface area contributed by atoms with Crippen LogP contribution in [-0.2, 0) is 15.0 Å². The third-order valence-electron chi connectivity index (χ3n) is 7.18. The number of thioether (sulfide) groups is 1. The van der Waals surface area contributed by atoms with Crippen molar-refractivity contribution in [2.45, 2.75) is 68.3 Å². The number of imidazole rings is 1. The number of hydrogen-bond acceptors (Lipinski definition) is 9. The zero-order valence-corrected chi connectivity index (χ0v) is 21.4. The van der Waals surface area contributed by atoms with E-state index in [1.54, 1.807) is 6.33 Å². The SMILES string of the molecule is Nc1ncnc2c1ncn2[C@H]1CC[C@@H](CNS(=O)(=O)NC(=O)CCCC[C@H]2SCC3NC(=O)NC32)C1. The number of anilines is 1. The number of amides is 3. The fraction of sp³-hybridized carbons (Fsp3) is 0.667. The van der Waals surface area contributed by atoms with Gasteiger partial charge >= 0.3 is 16.2 Å². The minimum atomic E-state index is -3.92. The molecule has 2 aromatic rings. The standard InChI is InChI=1S/C21H31N9O4S2/c22-19-18-20(24-10-23-19)30(11-25-18)13-6-5-12(7-13)8-26-36(33,34)29-16(31)4-2-1-3-15-17-14(9-35-15)27-21(32)28-17/h10-15,17,26H,1-9H2,(H,29,31)(H2,22,23,24)(H2,27,28,32)/t12-,13+,14?,15-,17?/m1/s1. The normalized spacial score (nSPS) is 27.7. The summed E-state index contributed by atoms with van der Waals surface area (Å²) in [6.45, 7) is 0.254. The molecule has 2 aromatic heterocycles. The summed E-state index contributed by atoms with van der Waals surface area (Å²) in [4.78, 5) is 36.2. The van der Waals surface area contributed by atoms with Crippen molar-refractivity contribution in [3.63, 3.8) is 0 Å². The van der Waals surface area contributed by atoms with Crippen molar-refractivity contribution in [3.05, 3.63) is 12.7 Å². The van der Waals surface area contributed by atoms with Gasteiger partial charge in [-0.05, 0) is 38.0 Å². The molecule has 5 rings (SSSR count). The number of unbranched alkanes of at least 4 members (excludes halogenated alkanes) is 1. The number of rotatable bonds is 10. The number of aromatic nitrogens is 4. The molecule has 3 aliphatic rings. The third kappa shape index (κ3) is 5.52. The zero-order chi connectivity index (χ0) is 25.3. The van der Waals surface area contributed by atoms with Gasteiger partial charge in [0, 0.05) is 30.0 Å². The highest BCUT2D eigenvalue weighted by atomic mass is 32.2. The van der Waals surface area contributed by atoms with E-state index in [4.69, 9.17) is 5.73 Å². The number of urea groups is 1. The van der Waals surface area contributed by atoms with E-state index >= 15 is 0 Å². The Balaban J connectivity index is 1.02. The summed E-state index contributed by atoms with van der Waals surface area (Å²) >= 11 is 1.82. The predicted molar refractivity (Wildman–Crippen MR) is 135 cm³/mol. The molecule has 0 spiro atoms. The van der Waals surface area contributed by atoms with Crippen LogP contribution in [0.2, 0.25) is 0 Å². The van der Waals surface area contributed by atoms with E-state index in [-0.39, 0.29) is 43.0 Å². The summed E-state index contributed by atoms with van der Waals surface area (Å²) < 4.78 is 31.4. The average molecular weight is 538 g/mol. The molecule has 2 aliphatic heterocycles. The number of fused-ring (bicyclic) bond motifs is 2. The van der Waals surface area contributed by atoms with Gasteiger partial charge in [-0.1, -0.05) is 6.42 Å². The summed E-state index contributed by atoms with van der Waals surface area (Å²) in [5.41, 5.74) is 7.11. The molecule has 0 bridgehead atoms. The van der Waals surface area contributed by atoms with Gasteiger partial charge in [-0.15, -0.1) is 0 Å². The first-order valence-electron chi connectivity index (χ1n) is 12.2. The van der Waals surface area contributed by atoms with Crippen molar-refractivity contribution in [2.75, 3.05) is 18.0 Å². The van der Waals surface area contributed by atoms with Crippen LogP contribution in [0.3, 0.4) is 0 Å². The number of nitrogens with zero attached hydrogens (tertiary/aromatic N) is 4. The Bertz CT molecular complexity index is 1240. The molecule has 1 saturated carbocycles. The Morgan fingerprint density at radius 1 is 1.22 bits per heavy atom. The highest BCUT2D eigenvalue weighted by molar-refractivity contribution is 8.00. The van der Waals surface area contributed by atoms with Crippen LogP contribution in [0.15, 0.2) is 12.7 Å². The second-order valence-electron chi connectivity index (χ2n) is 9.66. The van der Waals surface area contributed by atoms with Gasteiger partial charge in [0.2, 0.25) is 5.91 Å². The lowest BCUT2D eigenvalue weighted by atomic mass is 10.0. The van der Waals surface area contributed by atoms with Gasteiger partial charge in [-0.3, -0.25) is 4.79 Å². The van der Waals surface area contributed by atoms with E-state index in [1.807, 2.05) is 16.3 Å². The molecule has 0 radical (unpaired) electrons. The minimum absolute atomic E-state index is 0.115. The van der Waals surface area contributed by atoms with E-state index in [0.29, 0.717) is 28.7 Å². The molecule has 4 heterocycles. The number of hydrogen-bond donors (Lipinski definition) is 5. The van der Waals surface area contributed by atoms with Gasteiger partial charge in [0.15, 0.2) is 11.5 Å². The van der Waals surface area contributed by atoms with Crippen molar-refractivity contribution < 1.29 is 18.0 Å². The van der Waals surface area contributed by atoms with Gasteiger partial charge in [0.25, 0.3) is 0 Å². The predicted octanol–water partition coefficient (Wildman–Crippen LogP) is 0.426. The molecule has 6 N–H and O–H groups in total. The summed E-state index contributed by atoms with van der Waals surface area (Å²) in [6, 6.07) is 0.342. The molecule has 15 heteroatoms. The Kier molecular flexibility index (Phi) is 7.21. The lowest BCUT2D eigenvalue weighted by Crippen LogP contribution is -2.41. The summed E-state index contributed by atoms with van der Waals surface area (Å²) in [5, 5.41) is 6.18. The fourth-order valence-corrected chi connectivity index (χ4v) is 7.84. The van der Waals surface area contributed by atoms with E-state index in [2.05, 4.69) is 35.0 Å². The molecular weight excluding hydrogens is 506 g/mol. The van der Waals surface area contributed by atoms with Gasteiger partial charge in [0.1, 0.15) is 11.8 Å². The molecular formula is C21H31N9O4S2. The first-order chi connectivity index (χ1) is 17.3. The number of nitrogen functional groups attached to an aromatic ring is 1. The Hall–Kier alpha value is -2.65. The van der Waals surface area contributed by atoms with Gasteiger partial charge in [-0.25, -0.2) is 24.5 Å². The Morgan fingerprint density at radius 3 is 2.94 bits per heavy atom. The maximum absolute atomic E-state index is 12.4. The van der Waals surface area contributed by atoms with Crippen molar-refractivity contribution in [2.24, 2.45) is 5.92 Å². The summed E-state index contributed by atoms with van der Waals surface area (Å²) in [5.74, 6) is 0.850. The first kappa shape index (κ1) is 25.0. The highest BCUT2D eigenvalue weighted by Crippen LogP contribution is 2.36. The second kappa shape index (κ2) is 10.4. The lowest BCUT2D eigenvalue weighted by Gasteiger charge is -2.16. The molecule has 3 amide bonds. The van der Waals surface area contributed by atoms with Crippen molar-refractivity contribution >= 4 is 50.9 Å². The van der Waals surface area contributed by atoms with Crippen LogP contribution in [-0.4, -0.2) is 69.5 Å². The van der Waals surface area contributed by atoms with Crippen LogP contribution in [0.5, 0.6) is 0 Å². The maximum Gasteiger partial charge on any atom is 0.315 e. The summed E-state index contributed by atoms with van der Waals surface area (Å²) in [6.07, 6.45) is 8.00. The van der Waals surface area contributed by atoms with Gasteiger partial charge in [0.05, 0.1) is 18.4 Å². The highest BCUT2D eigenvalue weighted by Gasteiger charge is 2.42. The fourth-order valence-electron chi connectivity index (χ4n) is 5.36. The molecule has 36 heavy (non-hydrogen) atoms. The monoisotopic (exact) mass is 537 g/mol. The lowest BCUT2D eigenvalue weighted by molar-refractivity contribution is -0.119.